The third kappa shape index (κ3) is 2.50. The molecule has 0 fully saturated rings. The van der Waals surface area contributed by atoms with Crippen LogP contribution in [0.2, 0.25) is 0 Å². The van der Waals surface area contributed by atoms with Gasteiger partial charge in [-0.3, -0.25) is 10.1 Å². The number of rotatable bonds is 3. The van der Waals surface area contributed by atoms with Gasteiger partial charge >= 0.3 is 0 Å². The first-order chi connectivity index (χ1) is 9.54. The van der Waals surface area contributed by atoms with Crippen LogP contribution in [0.15, 0.2) is 35.7 Å². The molecule has 1 aromatic carbocycles. The molecule has 100 valence electrons. The highest BCUT2D eigenvalue weighted by molar-refractivity contribution is 7.11. The molecule has 1 aromatic heterocycles. The minimum absolute atomic E-state index is 0.0273. The lowest BCUT2D eigenvalue weighted by Crippen LogP contribution is -2.03. The fourth-order valence-corrected chi connectivity index (χ4v) is 2.37. The number of nitriles is 1. The maximum absolute atomic E-state index is 13.9. The summed E-state index contributed by atoms with van der Waals surface area (Å²) in [5.74, 6) is -0.832. The number of thiophene rings is 1. The molecule has 5 nitrogen and oxygen atoms in total. The Balaban J connectivity index is 2.56. The molecule has 2 N–H and O–H groups in total. The van der Waals surface area contributed by atoms with Crippen LogP contribution in [0.3, 0.4) is 0 Å². The molecule has 2 aromatic rings. The van der Waals surface area contributed by atoms with Gasteiger partial charge in [-0.05, 0) is 17.5 Å². The van der Waals surface area contributed by atoms with Crippen molar-refractivity contribution in [1.29, 1.82) is 5.26 Å². The van der Waals surface area contributed by atoms with E-state index in [2.05, 4.69) is 0 Å². The summed E-state index contributed by atoms with van der Waals surface area (Å²) in [4.78, 5) is 10.5. The fraction of sp³-hybridized carbons (Fsp3) is 0. The van der Waals surface area contributed by atoms with Crippen LogP contribution in [-0.2, 0) is 0 Å². The predicted molar refractivity (Wildman–Crippen MR) is 74.0 cm³/mol. The number of nitrogens with two attached hydrogens (primary N) is 1. The van der Waals surface area contributed by atoms with Gasteiger partial charge in [0.2, 0.25) is 0 Å². The Morgan fingerprint density at radius 1 is 1.45 bits per heavy atom. The van der Waals surface area contributed by atoms with Crippen LogP contribution < -0.4 is 5.73 Å². The normalized spacial score (nSPS) is 11.6. The molecule has 0 radical (unpaired) electrons. The lowest BCUT2D eigenvalue weighted by atomic mass is 10.1. The van der Waals surface area contributed by atoms with Crippen LogP contribution in [0.1, 0.15) is 10.4 Å². The summed E-state index contributed by atoms with van der Waals surface area (Å²) in [6.07, 6.45) is 0. The van der Waals surface area contributed by atoms with Crippen LogP contribution >= 0.6 is 11.3 Å². The number of allylic oxidation sites excluding steroid dienone is 1. The van der Waals surface area contributed by atoms with E-state index < -0.39 is 10.7 Å². The average Bonchev–Trinajstić information content (AvgIpc) is 2.93. The lowest BCUT2D eigenvalue weighted by Gasteiger charge is -2.06. The van der Waals surface area contributed by atoms with Gasteiger partial charge in [-0.15, -0.1) is 11.3 Å². The minimum atomic E-state index is -0.832. The summed E-state index contributed by atoms with van der Waals surface area (Å²) >= 11 is 1.30. The van der Waals surface area contributed by atoms with E-state index in [1.54, 1.807) is 17.5 Å². The van der Waals surface area contributed by atoms with E-state index in [0.29, 0.717) is 4.88 Å². The monoisotopic (exact) mass is 289 g/mol. The minimum Gasteiger partial charge on any atom is -0.397 e. The van der Waals surface area contributed by atoms with Crippen molar-refractivity contribution in [3.05, 3.63) is 62.1 Å². The van der Waals surface area contributed by atoms with E-state index in [1.165, 1.54) is 17.4 Å². The highest BCUT2D eigenvalue weighted by Crippen LogP contribution is 2.28. The Kier molecular flexibility index (Phi) is 3.77. The molecule has 0 bridgehead atoms. The van der Waals surface area contributed by atoms with Crippen molar-refractivity contribution in [2.75, 3.05) is 0 Å². The third-order valence-electron chi connectivity index (χ3n) is 2.60. The topological polar surface area (TPSA) is 93.0 Å². The zero-order valence-corrected chi connectivity index (χ0v) is 10.9. The van der Waals surface area contributed by atoms with Crippen molar-refractivity contribution in [2.24, 2.45) is 5.73 Å². The van der Waals surface area contributed by atoms with Crippen LogP contribution in [0.25, 0.3) is 11.3 Å². The summed E-state index contributed by atoms with van der Waals surface area (Å²) in [6.45, 7) is 0. The van der Waals surface area contributed by atoms with Gasteiger partial charge in [0.25, 0.3) is 5.69 Å². The number of hydrogen-bond acceptors (Lipinski definition) is 5. The SMILES string of the molecule is N#C/C(=C(/N)c1ccc([N+](=O)[O-])cc1F)c1cccs1. The molecular weight excluding hydrogens is 281 g/mol. The molecule has 0 aliphatic heterocycles. The number of benzene rings is 1. The number of nitro benzene ring substituents is 1. The van der Waals surface area contributed by atoms with Crippen molar-refractivity contribution in [1.82, 2.24) is 0 Å². The Labute approximate surface area is 117 Å². The molecule has 0 spiro atoms. The largest absolute Gasteiger partial charge is 0.397 e. The van der Waals surface area contributed by atoms with E-state index in [4.69, 9.17) is 11.0 Å². The summed E-state index contributed by atoms with van der Waals surface area (Å²) < 4.78 is 13.9. The maximum atomic E-state index is 13.9. The number of nitro groups is 1. The van der Waals surface area contributed by atoms with Crippen LogP contribution in [0.5, 0.6) is 0 Å². The van der Waals surface area contributed by atoms with Gasteiger partial charge in [0.15, 0.2) is 0 Å². The first-order valence-corrected chi connectivity index (χ1v) is 6.30. The number of nitrogens with zero attached hydrogens (tertiary/aromatic N) is 2. The second kappa shape index (κ2) is 5.50. The molecule has 0 saturated carbocycles. The molecule has 0 saturated heterocycles. The Bertz CT molecular complexity index is 733. The molecule has 7 heteroatoms. The van der Waals surface area contributed by atoms with Crippen LogP contribution in [-0.4, -0.2) is 4.92 Å². The third-order valence-corrected chi connectivity index (χ3v) is 3.49. The molecule has 20 heavy (non-hydrogen) atoms. The molecule has 0 unspecified atom stereocenters. The van der Waals surface area contributed by atoms with E-state index >= 15 is 0 Å². The molecule has 0 aliphatic carbocycles. The molecular formula is C13H8FN3O2S. The molecule has 0 atom stereocenters. The summed E-state index contributed by atoms with van der Waals surface area (Å²) in [7, 11) is 0. The number of halogens is 1. The van der Waals surface area contributed by atoms with Crippen molar-refractivity contribution < 1.29 is 9.31 Å². The molecule has 2 rings (SSSR count). The summed E-state index contributed by atoms with van der Waals surface area (Å²) in [5, 5.41) is 21.5. The van der Waals surface area contributed by atoms with Gasteiger partial charge in [0, 0.05) is 16.5 Å². The van der Waals surface area contributed by atoms with E-state index in [9.17, 15) is 14.5 Å². The molecule has 0 aliphatic rings. The smallest absolute Gasteiger partial charge is 0.272 e. The van der Waals surface area contributed by atoms with Gasteiger partial charge in [-0.1, -0.05) is 6.07 Å². The lowest BCUT2D eigenvalue weighted by molar-refractivity contribution is -0.385. The van der Waals surface area contributed by atoms with Crippen molar-refractivity contribution >= 4 is 28.3 Å². The van der Waals surface area contributed by atoms with Crippen molar-refractivity contribution in [2.45, 2.75) is 0 Å². The molecule has 1 heterocycles. The first-order valence-electron chi connectivity index (χ1n) is 5.42. The van der Waals surface area contributed by atoms with Crippen molar-refractivity contribution in [3.8, 4) is 6.07 Å². The highest BCUT2D eigenvalue weighted by Gasteiger charge is 2.16. The Morgan fingerprint density at radius 3 is 2.70 bits per heavy atom. The second-order valence-corrected chi connectivity index (χ2v) is 4.75. The zero-order chi connectivity index (χ0) is 14.7. The van der Waals surface area contributed by atoms with E-state index in [-0.39, 0.29) is 22.5 Å². The standard InChI is InChI=1S/C13H8FN3O2S/c14-11-6-8(17(18)19)3-4-9(11)13(16)10(7-15)12-2-1-5-20-12/h1-6H,16H2/b13-10-. The predicted octanol–water partition coefficient (Wildman–Crippen LogP) is 3.15. The van der Waals surface area contributed by atoms with E-state index in [0.717, 1.165) is 12.1 Å². The Hall–Kier alpha value is -2.72. The second-order valence-electron chi connectivity index (χ2n) is 3.80. The van der Waals surface area contributed by atoms with Crippen LogP contribution in [0.4, 0.5) is 10.1 Å². The van der Waals surface area contributed by atoms with E-state index in [1.807, 2.05) is 6.07 Å². The van der Waals surface area contributed by atoms with Crippen molar-refractivity contribution in [3.63, 3.8) is 0 Å². The average molecular weight is 289 g/mol. The van der Waals surface area contributed by atoms with Gasteiger partial charge in [-0.2, -0.15) is 5.26 Å². The fourth-order valence-electron chi connectivity index (χ4n) is 1.64. The van der Waals surface area contributed by atoms with Gasteiger partial charge < -0.3 is 5.73 Å². The summed E-state index contributed by atoms with van der Waals surface area (Å²) in [5.41, 5.74) is 5.53. The first kappa shape index (κ1) is 13.7. The summed E-state index contributed by atoms with van der Waals surface area (Å²) in [6, 6.07) is 8.51. The number of non-ortho nitro benzene ring substituents is 1. The quantitative estimate of drug-likeness (QED) is 0.533. The zero-order valence-electron chi connectivity index (χ0n) is 10.0. The van der Waals surface area contributed by atoms with Crippen LogP contribution in [0, 0.1) is 27.3 Å². The Morgan fingerprint density at radius 2 is 2.20 bits per heavy atom. The maximum Gasteiger partial charge on any atom is 0.272 e. The highest BCUT2D eigenvalue weighted by atomic mass is 32.1. The van der Waals surface area contributed by atoms with Gasteiger partial charge in [0.05, 0.1) is 22.3 Å². The van der Waals surface area contributed by atoms with Gasteiger partial charge in [0.1, 0.15) is 11.9 Å². The molecule has 0 amide bonds. The number of hydrogen-bond donors (Lipinski definition) is 1. The van der Waals surface area contributed by atoms with Gasteiger partial charge in [-0.25, -0.2) is 4.39 Å².